The standard InChI is InChI=1S/C21H27N3O5/c1-4-29-21(27)18(10-15-12-22-17-8-6-5-7-16(15)17)23-20(26)14(9-13(2)3)11-19(25)24-28/h5-9,12-13,18,22,28H,4,10-11H2,1-3H3,(H,23,26)(H,24,25)/b14-9+/t18-/m0/s1. The van der Waals surface area contributed by atoms with Gasteiger partial charge in [-0.2, -0.15) is 0 Å². The molecule has 0 bridgehead atoms. The number of H-pyrrole nitrogens is 1. The van der Waals surface area contributed by atoms with E-state index < -0.39 is 23.8 Å². The van der Waals surface area contributed by atoms with Crippen molar-refractivity contribution in [3.05, 3.63) is 47.7 Å². The van der Waals surface area contributed by atoms with Gasteiger partial charge in [0.05, 0.1) is 13.0 Å². The normalized spacial score (nSPS) is 12.7. The fraction of sp³-hybridized carbons (Fsp3) is 0.381. The molecule has 0 aliphatic heterocycles. The molecule has 0 aliphatic carbocycles. The van der Waals surface area contributed by atoms with Gasteiger partial charge < -0.3 is 15.0 Å². The Labute approximate surface area is 169 Å². The van der Waals surface area contributed by atoms with E-state index in [2.05, 4.69) is 10.3 Å². The van der Waals surface area contributed by atoms with Crippen LogP contribution in [0.3, 0.4) is 0 Å². The van der Waals surface area contributed by atoms with Crippen molar-refractivity contribution < 1.29 is 24.3 Å². The Morgan fingerprint density at radius 3 is 2.62 bits per heavy atom. The third-order valence-corrected chi connectivity index (χ3v) is 4.28. The maximum absolute atomic E-state index is 12.8. The van der Waals surface area contributed by atoms with Crippen LogP contribution in [0.5, 0.6) is 0 Å². The molecule has 8 heteroatoms. The molecule has 0 spiro atoms. The molecule has 1 atom stereocenters. The molecule has 29 heavy (non-hydrogen) atoms. The average Bonchev–Trinajstić information content (AvgIpc) is 3.09. The summed E-state index contributed by atoms with van der Waals surface area (Å²) in [4.78, 5) is 40.0. The van der Waals surface area contributed by atoms with Crippen molar-refractivity contribution in [2.24, 2.45) is 5.92 Å². The van der Waals surface area contributed by atoms with Crippen molar-refractivity contribution in [3.63, 3.8) is 0 Å². The Morgan fingerprint density at radius 1 is 1.24 bits per heavy atom. The molecule has 2 rings (SSSR count). The number of fused-ring (bicyclic) bond motifs is 1. The number of benzene rings is 1. The molecule has 0 unspecified atom stereocenters. The maximum Gasteiger partial charge on any atom is 0.328 e. The Hall–Kier alpha value is -3.13. The molecule has 0 saturated heterocycles. The van der Waals surface area contributed by atoms with Gasteiger partial charge in [-0.1, -0.05) is 38.1 Å². The molecular formula is C21H27N3O5. The van der Waals surface area contributed by atoms with Crippen LogP contribution in [-0.2, 0) is 25.5 Å². The van der Waals surface area contributed by atoms with Gasteiger partial charge in [-0.3, -0.25) is 14.8 Å². The number of hydrogen-bond donors (Lipinski definition) is 4. The Morgan fingerprint density at radius 2 is 1.97 bits per heavy atom. The number of aromatic amines is 1. The first-order valence-corrected chi connectivity index (χ1v) is 9.51. The fourth-order valence-corrected chi connectivity index (χ4v) is 3.04. The van der Waals surface area contributed by atoms with Gasteiger partial charge in [0.15, 0.2) is 0 Å². The molecule has 0 saturated carbocycles. The van der Waals surface area contributed by atoms with E-state index in [-0.39, 0.29) is 30.9 Å². The van der Waals surface area contributed by atoms with Crippen LogP contribution < -0.4 is 10.8 Å². The summed E-state index contributed by atoms with van der Waals surface area (Å²) in [6.45, 7) is 5.59. The number of carbonyl (C=O) groups is 3. The van der Waals surface area contributed by atoms with E-state index in [0.29, 0.717) is 0 Å². The van der Waals surface area contributed by atoms with E-state index in [1.165, 1.54) is 5.48 Å². The van der Waals surface area contributed by atoms with Crippen molar-refractivity contribution in [2.45, 2.75) is 39.7 Å². The smallest absolute Gasteiger partial charge is 0.328 e. The van der Waals surface area contributed by atoms with E-state index in [4.69, 9.17) is 9.94 Å². The van der Waals surface area contributed by atoms with Gasteiger partial charge in [0, 0.05) is 29.1 Å². The number of esters is 1. The number of amides is 2. The number of hydrogen-bond acceptors (Lipinski definition) is 5. The second-order valence-electron chi connectivity index (χ2n) is 6.99. The molecule has 0 aliphatic rings. The average molecular weight is 401 g/mol. The molecule has 1 heterocycles. The molecule has 2 amide bonds. The highest BCUT2D eigenvalue weighted by Crippen LogP contribution is 2.20. The number of hydroxylamine groups is 1. The zero-order chi connectivity index (χ0) is 21.4. The lowest BCUT2D eigenvalue weighted by molar-refractivity contribution is -0.147. The minimum Gasteiger partial charge on any atom is -0.464 e. The summed E-state index contributed by atoms with van der Waals surface area (Å²) in [5.74, 6) is -1.82. The summed E-state index contributed by atoms with van der Waals surface area (Å²) >= 11 is 0. The summed E-state index contributed by atoms with van der Waals surface area (Å²) in [7, 11) is 0. The van der Waals surface area contributed by atoms with E-state index in [1.807, 2.05) is 38.1 Å². The van der Waals surface area contributed by atoms with Crippen molar-refractivity contribution in [1.29, 1.82) is 0 Å². The lowest BCUT2D eigenvalue weighted by Crippen LogP contribution is -2.44. The number of para-hydroxylation sites is 1. The molecule has 1 aromatic heterocycles. The largest absolute Gasteiger partial charge is 0.464 e. The fourth-order valence-electron chi connectivity index (χ4n) is 3.04. The van der Waals surface area contributed by atoms with Crippen LogP contribution >= 0.6 is 0 Å². The van der Waals surface area contributed by atoms with E-state index >= 15 is 0 Å². The molecule has 0 fully saturated rings. The van der Waals surface area contributed by atoms with Gasteiger partial charge in [0.25, 0.3) is 0 Å². The van der Waals surface area contributed by atoms with E-state index in [0.717, 1.165) is 16.5 Å². The summed E-state index contributed by atoms with van der Waals surface area (Å²) in [5, 5.41) is 12.4. The Bertz CT molecular complexity index is 901. The summed E-state index contributed by atoms with van der Waals surface area (Å²) < 4.78 is 5.13. The zero-order valence-corrected chi connectivity index (χ0v) is 16.8. The van der Waals surface area contributed by atoms with Crippen molar-refractivity contribution in [3.8, 4) is 0 Å². The molecule has 1 aromatic carbocycles. The van der Waals surface area contributed by atoms with Crippen molar-refractivity contribution in [2.75, 3.05) is 6.61 Å². The predicted molar refractivity (Wildman–Crippen MR) is 108 cm³/mol. The second-order valence-corrected chi connectivity index (χ2v) is 6.99. The van der Waals surface area contributed by atoms with Crippen molar-refractivity contribution in [1.82, 2.24) is 15.8 Å². The highest BCUT2D eigenvalue weighted by molar-refractivity contribution is 6.00. The van der Waals surface area contributed by atoms with E-state index in [9.17, 15) is 14.4 Å². The van der Waals surface area contributed by atoms with Gasteiger partial charge in [0.2, 0.25) is 11.8 Å². The van der Waals surface area contributed by atoms with Gasteiger partial charge in [0.1, 0.15) is 6.04 Å². The highest BCUT2D eigenvalue weighted by atomic mass is 16.5. The van der Waals surface area contributed by atoms with Gasteiger partial charge >= 0.3 is 5.97 Å². The predicted octanol–water partition coefficient (Wildman–Crippen LogP) is 2.24. The summed E-state index contributed by atoms with van der Waals surface area (Å²) in [6.07, 6.45) is 3.35. The van der Waals surface area contributed by atoms with Crippen LogP contribution in [0.4, 0.5) is 0 Å². The van der Waals surface area contributed by atoms with Crippen LogP contribution in [-0.4, -0.2) is 40.6 Å². The first kappa shape index (κ1) is 22.2. The topological polar surface area (TPSA) is 121 Å². The molecule has 156 valence electrons. The first-order chi connectivity index (χ1) is 13.8. The van der Waals surface area contributed by atoms with E-state index in [1.54, 1.807) is 19.2 Å². The lowest BCUT2D eigenvalue weighted by atomic mass is 10.0. The minimum atomic E-state index is -0.922. The quantitative estimate of drug-likeness (QED) is 0.222. The first-order valence-electron chi connectivity index (χ1n) is 9.51. The third-order valence-electron chi connectivity index (χ3n) is 4.28. The molecule has 4 N–H and O–H groups in total. The van der Waals surface area contributed by atoms with Crippen LogP contribution in [0.2, 0.25) is 0 Å². The number of aromatic nitrogens is 1. The van der Waals surface area contributed by atoms with Crippen molar-refractivity contribution >= 4 is 28.7 Å². The second kappa shape index (κ2) is 10.4. The molecule has 0 radical (unpaired) electrons. The Balaban J connectivity index is 2.25. The number of carbonyl (C=O) groups excluding carboxylic acids is 3. The summed E-state index contributed by atoms with van der Waals surface area (Å²) in [6, 6.07) is 6.74. The number of nitrogens with one attached hydrogen (secondary N) is 3. The zero-order valence-electron chi connectivity index (χ0n) is 16.8. The van der Waals surface area contributed by atoms with Crippen LogP contribution in [0.25, 0.3) is 10.9 Å². The third kappa shape index (κ3) is 6.18. The number of allylic oxidation sites excluding steroid dienone is 1. The number of ether oxygens (including phenoxy) is 1. The monoisotopic (exact) mass is 401 g/mol. The number of rotatable bonds is 9. The molecular weight excluding hydrogens is 374 g/mol. The van der Waals surface area contributed by atoms with Crippen LogP contribution in [0.15, 0.2) is 42.1 Å². The SMILES string of the molecule is CCOC(=O)[C@H](Cc1c[nH]c2ccccc12)NC(=O)/C(=C/C(C)C)CC(=O)NO. The summed E-state index contributed by atoms with van der Waals surface area (Å²) in [5.41, 5.74) is 3.48. The maximum atomic E-state index is 12.8. The lowest BCUT2D eigenvalue weighted by Gasteiger charge is -2.18. The van der Waals surface area contributed by atoms with Gasteiger partial charge in [-0.15, -0.1) is 0 Å². The van der Waals surface area contributed by atoms with Gasteiger partial charge in [-0.05, 0) is 24.5 Å². The van der Waals surface area contributed by atoms with Gasteiger partial charge in [-0.25, -0.2) is 10.3 Å². The minimum absolute atomic E-state index is 0.00287. The Kier molecular flexibility index (Phi) is 7.97. The molecule has 8 nitrogen and oxygen atoms in total. The highest BCUT2D eigenvalue weighted by Gasteiger charge is 2.26. The molecule has 2 aromatic rings. The van der Waals surface area contributed by atoms with Crippen LogP contribution in [0.1, 0.15) is 32.8 Å². The van der Waals surface area contributed by atoms with Crippen LogP contribution in [0, 0.1) is 5.92 Å².